The first-order valence-electron chi connectivity index (χ1n) is 3.24. The molecule has 0 atom stereocenters. The number of carboxylic acid groups (broad SMARTS) is 1. The second-order valence-electron chi connectivity index (χ2n) is 2.59. The molecule has 4 heteroatoms. The standard InChI is InChI=1S/C5H11NO2.C2H6O/c1-5(2,6-3)4(7)8;1-3-2/h6H,1-3H3,(H,7,8);1-2H3. The maximum atomic E-state index is 10.2. The fourth-order valence-corrected chi connectivity index (χ4v) is 0.107. The van der Waals surface area contributed by atoms with Crippen LogP contribution in [0.2, 0.25) is 0 Å². The lowest BCUT2D eigenvalue weighted by Crippen LogP contribution is -2.44. The summed E-state index contributed by atoms with van der Waals surface area (Å²) in [4.78, 5) is 10.2. The third kappa shape index (κ3) is 7.29. The van der Waals surface area contributed by atoms with Crippen molar-refractivity contribution in [1.82, 2.24) is 5.32 Å². The topological polar surface area (TPSA) is 58.6 Å². The summed E-state index contributed by atoms with van der Waals surface area (Å²) in [5.74, 6) is -0.833. The molecule has 0 aromatic rings. The van der Waals surface area contributed by atoms with Crippen LogP contribution in [0.25, 0.3) is 0 Å². The van der Waals surface area contributed by atoms with Crippen LogP contribution in [0.1, 0.15) is 13.8 Å². The first-order chi connectivity index (χ1) is 4.92. The maximum absolute atomic E-state index is 10.2. The zero-order chi connectivity index (χ0) is 9.49. The molecule has 0 aliphatic heterocycles. The van der Waals surface area contributed by atoms with Crippen LogP contribution in [0.3, 0.4) is 0 Å². The van der Waals surface area contributed by atoms with Crippen LogP contribution in [-0.4, -0.2) is 37.9 Å². The highest BCUT2D eigenvalue weighted by atomic mass is 16.4. The number of hydrogen-bond donors (Lipinski definition) is 2. The van der Waals surface area contributed by atoms with E-state index in [1.165, 1.54) is 0 Å². The van der Waals surface area contributed by atoms with E-state index in [-0.39, 0.29) is 0 Å². The van der Waals surface area contributed by atoms with Crippen LogP contribution < -0.4 is 5.32 Å². The van der Waals surface area contributed by atoms with E-state index in [0.717, 1.165) is 0 Å². The number of likely N-dealkylation sites (N-methyl/N-ethyl adjacent to an activating group) is 1. The molecule has 2 N–H and O–H groups in total. The Bertz CT molecular complexity index is 112. The highest BCUT2D eigenvalue weighted by Gasteiger charge is 2.23. The van der Waals surface area contributed by atoms with Crippen molar-refractivity contribution in [3.63, 3.8) is 0 Å². The van der Waals surface area contributed by atoms with Gasteiger partial charge in [0.15, 0.2) is 0 Å². The van der Waals surface area contributed by atoms with Gasteiger partial charge in [-0.2, -0.15) is 0 Å². The summed E-state index contributed by atoms with van der Waals surface area (Å²) in [6, 6.07) is 0. The molecule has 0 radical (unpaired) electrons. The Morgan fingerprint density at radius 2 is 1.73 bits per heavy atom. The Morgan fingerprint density at radius 1 is 1.45 bits per heavy atom. The van der Waals surface area contributed by atoms with Crippen molar-refractivity contribution >= 4 is 5.97 Å². The van der Waals surface area contributed by atoms with Gasteiger partial charge in [-0.1, -0.05) is 0 Å². The lowest BCUT2D eigenvalue weighted by atomic mass is 10.1. The van der Waals surface area contributed by atoms with Crippen molar-refractivity contribution in [1.29, 1.82) is 0 Å². The van der Waals surface area contributed by atoms with Crippen molar-refractivity contribution in [2.24, 2.45) is 0 Å². The molecule has 0 aromatic carbocycles. The summed E-state index contributed by atoms with van der Waals surface area (Å²) < 4.78 is 4.25. The van der Waals surface area contributed by atoms with Gasteiger partial charge in [0.25, 0.3) is 0 Å². The van der Waals surface area contributed by atoms with Gasteiger partial charge in [0.2, 0.25) is 0 Å². The van der Waals surface area contributed by atoms with E-state index in [1.54, 1.807) is 35.1 Å². The molecule has 0 saturated heterocycles. The molecule has 0 fully saturated rings. The van der Waals surface area contributed by atoms with E-state index in [4.69, 9.17) is 5.11 Å². The van der Waals surface area contributed by atoms with Crippen molar-refractivity contribution in [2.45, 2.75) is 19.4 Å². The molecule has 0 aromatic heterocycles. The first-order valence-corrected chi connectivity index (χ1v) is 3.24. The monoisotopic (exact) mass is 163 g/mol. The molecule has 0 amide bonds. The number of nitrogens with one attached hydrogen (secondary N) is 1. The second-order valence-corrected chi connectivity index (χ2v) is 2.59. The number of methoxy groups -OCH3 is 1. The van der Waals surface area contributed by atoms with Crippen molar-refractivity contribution in [2.75, 3.05) is 21.3 Å². The molecule has 0 heterocycles. The SMILES string of the molecule is CNC(C)(C)C(=O)O.COC. The minimum Gasteiger partial charge on any atom is -0.480 e. The van der Waals surface area contributed by atoms with Gasteiger partial charge in [-0.15, -0.1) is 0 Å². The number of carboxylic acids is 1. The average molecular weight is 163 g/mol. The highest BCUT2D eigenvalue weighted by Crippen LogP contribution is 1.98. The molecule has 0 rings (SSSR count). The minimum atomic E-state index is -0.833. The van der Waals surface area contributed by atoms with Gasteiger partial charge in [0, 0.05) is 14.2 Å². The van der Waals surface area contributed by atoms with Gasteiger partial charge in [-0.05, 0) is 20.9 Å². The van der Waals surface area contributed by atoms with Crippen LogP contribution >= 0.6 is 0 Å². The van der Waals surface area contributed by atoms with Crippen LogP contribution in [0, 0.1) is 0 Å². The van der Waals surface area contributed by atoms with Crippen LogP contribution in [0.15, 0.2) is 0 Å². The first kappa shape index (κ1) is 13.0. The fourth-order valence-electron chi connectivity index (χ4n) is 0.107. The Morgan fingerprint density at radius 3 is 1.73 bits per heavy atom. The zero-order valence-electron chi connectivity index (χ0n) is 7.76. The molecular weight excluding hydrogens is 146 g/mol. The number of carbonyl (C=O) groups is 1. The van der Waals surface area contributed by atoms with E-state index in [1.807, 2.05) is 0 Å². The number of aliphatic carboxylic acids is 1. The predicted molar refractivity (Wildman–Crippen MR) is 43.7 cm³/mol. The largest absolute Gasteiger partial charge is 0.480 e. The molecule has 0 saturated carbocycles. The molecule has 0 spiro atoms. The van der Waals surface area contributed by atoms with E-state index in [0.29, 0.717) is 0 Å². The van der Waals surface area contributed by atoms with Crippen LogP contribution in [0.4, 0.5) is 0 Å². The van der Waals surface area contributed by atoms with Crippen LogP contribution in [-0.2, 0) is 9.53 Å². The van der Waals surface area contributed by atoms with Crippen molar-refractivity contribution < 1.29 is 14.6 Å². The number of rotatable bonds is 2. The van der Waals surface area contributed by atoms with Crippen LogP contribution in [0.5, 0.6) is 0 Å². The molecular formula is C7H17NO3. The lowest BCUT2D eigenvalue weighted by molar-refractivity contribution is -0.143. The lowest BCUT2D eigenvalue weighted by Gasteiger charge is -2.16. The van der Waals surface area contributed by atoms with Gasteiger partial charge < -0.3 is 15.2 Å². The van der Waals surface area contributed by atoms with Gasteiger partial charge >= 0.3 is 5.97 Å². The average Bonchev–Trinajstić information content (AvgIpc) is 1.89. The highest BCUT2D eigenvalue weighted by molar-refractivity contribution is 5.77. The summed E-state index contributed by atoms with van der Waals surface area (Å²) in [6.45, 7) is 3.21. The van der Waals surface area contributed by atoms with Gasteiger partial charge in [0.1, 0.15) is 5.54 Å². The smallest absolute Gasteiger partial charge is 0.323 e. The quantitative estimate of drug-likeness (QED) is 0.616. The summed E-state index contributed by atoms with van der Waals surface area (Å²) in [5.41, 5.74) is -0.792. The number of hydrogen-bond acceptors (Lipinski definition) is 3. The predicted octanol–water partition coefficient (Wildman–Crippen LogP) is 0.332. The molecule has 0 unspecified atom stereocenters. The van der Waals surface area contributed by atoms with Crippen molar-refractivity contribution in [3.8, 4) is 0 Å². The molecule has 68 valence electrons. The Labute approximate surface area is 67.6 Å². The Balaban J connectivity index is 0. The Kier molecular flexibility index (Phi) is 7.24. The summed E-state index contributed by atoms with van der Waals surface area (Å²) >= 11 is 0. The summed E-state index contributed by atoms with van der Waals surface area (Å²) in [5, 5.41) is 11.0. The zero-order valence-corrected chi connectivity index (χ0v) is 7.76. The normalized spacial score (nSPS) is 9.91. The van der Waals surface area contributed by atoms with E-state index in [2.05, 4.69) is 10.1 Å². The van der Waals surface area contributed by atoms with Gasteiger partial charge in [-0.3, -0.25) is 4.79 Å². The van der Waals surface area contributed by atoms with Gasteiger partial charge in [0.05, 0.1) is 0 Å². The van der Waals surface area contributed by atoms with E-state index in [9.17, 15) is 4.79 Å². The summed E-state index contributed by atoms with van der Waals surface area (Å²) in [6.07, 6.45) is 0. The van der Waals surface area contributed by atoms with Gasteiger partial charge in [-0.25, -0.2) is 0 Å². The third-order valence-electron chi connectivity index (χ3n) is 1.16. The molecule has 0 bridgehead atoms. The molecule has 0 aliphatic carbocycles. The molecule has 11 heavy (non-hydrogen) atoms. The van der Waals surface area contributed by atoms with E-state index < -0.39 is 11.5 Å². The minimum absolute atomic E-state index is 0.792. The Hall–Kier alpha value is -0.610. The fraction of sp³-hybridized carbons (Fsp3) is 0.857. The number of ether oxygens (including phenoxy) is 1. The molecule has 0 aliphatic rings. The van der Waals surface area contributed by atoms with E-state index >= 15 is 0 Å². The molecule has 4 nitrogen and oxygen atoms in total. The maximum Gasteiger partial charge on any atom is 0.323 e. The third-order valence-corrected chi connectivity index (χ3v) is 1.16. The van der Waals surface area contributed by atoms with Crippen molar-refractivity contribution in [3.05, 3.63) is 0 Å². The second kappa shape index (κ2) is 6.12. The summed E-state index contributed by atoms with van der Waals surface area (Å²) in [7, 11) is 4.87.